The number of carbonyl (C=O) groups excluding carboxylic acids is 1. The molecule has 0 spiro atoms. The summed E-state index contributed by atoms with van der Waals surface area (Å²) in [5.41, 5.74) is 1.95. The number of carbonyl (C=O) groups is 1. The van der Waals surface area contributed by atoms with Gasteiger partial charge in [-0.2, -0.15) is 0 Å². The minimum atomic E-state index is -0.0128. The van der Waals surface area contributed by atoms with Gasteiger partial charge in [0.05, 0.1) is 13.0 Å². The van der Waals surface area contributed by atoms with Gasteiger partial charge in [-0.1, -0.05) is 0 Å². The van der Waals surface area contributed by atoms with Crippen molar-refractivity contribution >= 4 is 34.2 Å². The van der Waals surface area contributed by atoms with Crippen LogP contribution >= 0.6 is 22.6 Å². The van der Waals surface area contributed by atoms with E-state index < -0.39 is 0 Å². The van der Waals surface area contributed by atoms with Crippen LogP contribution in [0.5, 0.6) is 0 Å². The first kappa shape index (κ1) is 12.4. The number of anilines is 1. The third-order valence-electron chi connectivity index (χ3n) is 2.00. The molecule has 1 rings (SSSR count). The Balaban J connectivity index is 2.60. The van der Waals surface area contributed by atoms with Crippen LogP contribution in [0.1, 0.15) is 12.0 Å². The molecule has 0 aliphatic heterocycles. The third-order valence-corrected chi connectivity index (χ3v) is 2.67. The van der Waals surface area contributed by atoms with Crippen LogP contribution in [0.25, 0.3) is 0 Å². The number of benzene rings is 1. The Morgan fingerprint density at radius 1 is 1.53 bits per heavy atom. The second kappa shape index (κ2) is 6.07. The summed E-state index contributed by atoms with van der Waals surface area (Å²) in [6.07, 6.45) is 0.391. The number of nitrogens with one attached hydrogen (secondary N) is 1. The number of ether oxygens (including phenoxy) is 1. The molecule has 1 N–H and O–H groups in total. The summed E-state index contributed by atoms with van der Waals surface area (Å²) < 4.78 is 6.00. The fourth-order valence-electron chi connectivity index (χ4n) is 1.17. The highest BCUT2D eigenvalue weighted by Gasteiger charge is 2.04. The van der Waals surface area contributed by atoms with E-state index in [0.29, 0.717) is 13.0 Å². The molecular weight excluding hydrogens is 305 g/mol. The van der Waals surface area contributed by atoms with Crippen molar-refractivity contribution in [1.29, 1.82) is 0 Å². The molecule has 0 saturated heterocycles. The van der Waals surface area contributed by atoms with Crippen molar-refractivity contribution in [1.82, 2.24) is 0 Å². The predicted molar refractivity (Wildman–Crippen MR) is 69.0 cm³/mol. The van der Waals surface area contributed by atoms with Crippen molar-refractivity contribution in [3.63, 3.8) is 0 Å². The predicted octanol–water partition coefficient (Wildman–Crippen LogP) is 2.57. The van der Waals surface area contributed by atoms with Crippen molar-refractivity contribution in [3.05, 3.63) is 27.3 Å². The molecule has 1 aromatic carbocycles. The summed E-state index contributed by atoms with van der Waals surface area (Å²) in [5.74, 6) is -0.0128. The Kier molecular flexibility index (Phi) is 5.04. The second-order valence-electron chi connectivity index (χ2n) is 3.25. The molecule has 15 heavy (non-hydrogen) atoms. The lowest BCUT2D eigenvalue weighted by molar-refractivity contribution is -0.117. The van der Waals surface area contributed by atoms with E-state index in [9.17, 15) is 4.79 Å². The highest BCUT2D eigenvalue weighted by Crippen LogP contribution is 2.17. The van der Waals surface area contributed by atoms with Crippen LogP contribution in [-0.2, 0) is 9.53 Å². The first-order chi connectivity index (χ1) is 7.13. The van der Waals surface area contributed by atoms with E-state index in [0.717, 1.165) is 11.3 Å². The zero-order valence-electron chi connectivity index (χ0n) is 8.84. The van der Waals surface area contributed by atoms with Gasteiger partial charge in [0.2, 0.25) is 5.91 Å². The molecule has 0 fully saturated rings. The topological polar surface area (TPSA) is 38.3 Å². The van der Waals surface area contributed by atoms with Crippen molar-refractivity contribution in [2.75, 3.05) is 19.0 Å². The van der Waals surface area contributed by atoms with Gasteiger partial charge in [-0.3, -0.25) is 4.79 Å². The van der Waals surface area contributed by atoms with E-state index in [1.165, 1.54) is 3.57 Å². The molecule has 0 saturated carbocycles. The summed E-state index contributed by atoms with van der Waals surface area (Å²) in [5, 5.41) is 2.85. The van der Waals surface area contributed by atoms with Crippen molar-refractivity contribution in [2.24, 2.45) is 0 Å². The number of hydrogen-bond acceptors (Lipinski definition) is 2. The molecule has 1 amide bonds. The van der Waals surface area contributed by atoms with Crippen molar-refractivity contribution in [3.8, 4) is 0 Å². The van der Waals surface area contributed by atoms with Gasteiger partial charge < -0.3 is 10.1 Å². The molecule has 0 radical (unpaired) electrons. The minimum Gasteiger partial charge on any atom is -0.384 e. The average Bonchev–Trinajstić information content (AvgIpc) is 2.19. The normalized spacial score (nSPS) is 10.1. The maximum Gasteiger partial charge on any atom is 0.226 e. The summed E-state index contributed by atoms with van der Waals surface area (Å²) in [6, 6.07) is 5.92. The number of amides is 1. The molecule has 0 aliphatic rings. The van der Waals surface area contributed by atoms with Gasteiger partial charge in [-0.05, 0) is 53.3 Å². The lowest BCUT2D eigenvalue weighted by atomic mass is 10.2. The monoisotopic (exact) mass is 319 g/mol. The number of aryl methyl sites for hydroxylation is 1. The first-order valence-corrected chi connectivity index (χ1v) is 5.76. The fourth-order valence-corrected chi connectivity index (χ4v) is 1.82. The van der Waals surface area contributed by atoms with Crippen LogP contribution in [-0.4, -0.2) is 19.6 Å². The molecule has 0 heterocycles. The lowest BCUT2D eigenvalue weighted by Crippen LogP contribution is -2.14. The van der Waals surface area contributed by atoms with Crippen molar-refractivity contribution < 1.29 is 9.53 Å². The maximum absolute atomic E-state index is 11.4. The molecule has 1 aromatic rings. The van der Waals surface area contributed by atoms with Gasteiger partial charge in [0, 0.05) is 16.4 Å². The Labute approximate surface area is 103 Å². The molecule has 3 nitrogen and oxygen atoms in total. The average molecular weight is 319 g/mol. The maximum atomic E-state index is 11.4. The quantitative estimate of drug-likeness (QED) is 0.866. The number of halogens is 1. The molecule has 0 atom stereocenters. The molecule has 0 bridgehead atoms. The molecule has 0 unspecified atom stereocenters. The Morgan fingerprint density at radius 2 is 2.27 bits per heavy atom. The number of rotatable bonds is 4. The zero-order valence-corrected chi connectivity index (χ0v) is 11.0. The smallest absolute Gasteiger partial charge is 0.226 e. The molecular formula is C11H14INO2. The van der Waals surface area contributed by atoms with E-state index in [2.05, 4.69) is 27.9 Å². The highest BCUT2D eigenvalue weighted by molar-refractivity contribution is 14.1. The summed E-state index contributed by atoms with van der Waals surface area (Å²) in [6.45, 7) is 2.43. The van der Waals surface area contributed by atoms with E-state index in [1.54, 1.807) is 7.11 Å². The Hall–Kier alpha value is -0.620. The molecule has 82 valence electrons. The largest absolute Gasteiger partial charge is 0.384 e. The first-order valence-electron chi connectivity index (χ1n) is 4.68. The van der Waals surface area contributed by atoms with Crippen LogP contribution in [0.15, 0.2) is 18.2 Å². The summed E-state index contributed by atoms with van der Waals surface area (Å²) in [7, 11) is 1.59. The van der Waals surface area contributed by atoms with Gasteiger partial charge >= 0.3 is 0 Å². The van der Waals surface area contributed by atoms with Gasteiger partial charge in [-0.25, -0.2) is 0 Å². The fraction of sp³-hybridized carbons (Fsp3) is 0.364. The Morgan fingerprint density at radius 3 is 2.87 bits per heavy atom. The van der Waals surface area contributed by atoms with E-state index in [4.69, 9.17) is 4.74 Å². The number of hydrogen-bond donors (Lipinski definition) is 1. The van der Waals surface area contributed by atoms with Crippen LogP contribution in [0, 0.1) is 10.5 Å². The van der Waals surface area contributed by atoms with Gasteiger partial charge in [-0.15, -0.1) is 0 Å². The SMILES string of the molecule is COCCC(=O)Nc1ccc(I)cc1C. The number of methoxy groups -OCH3 is 1. The highest BCUT2D eigenvalue weighted by atomic mass is 127. The summed E-state index contributed by atoms with van der Waals surface area (Å²) in [4.78, 5) is 11.4. The molecule has 0 aliphatic carbocycles. The van der Waals surface area contributed by atoms with E-state index >= 15 is 0 Å². The Bertz CT molecular complexity index is 352. The standard InChI is InChI=1S/C11H14INO2/c1-8-7-9(12)3-4-10(8)13-11(14)5-6-15-2/h3-4,7H,5-6H2,1-2H3,(H,13,14). The molecule has 0 aromatic heterocycles. The minimum absolute atomic E-state index is 0.0128. The van der Waals surface area contributed by atoms with Crippen LogP contribution < -0.4 is 5.32 Å². The van der Waals surface area contributed by atoms with Crippen LogP contribution in [0.2, 0.25) is 0 Å². The summed E-state index contributed by atoms with van der Waals surface area (Å²) >= 11 is 2.25. The van der Waals surface area contributed by atoms with E-state index in [1.807, 2.05) is 25.1 Å². The lowest BCUT2D eigenvalue weighted by Gasteiger charge is -2.08. The molecule has 4 heteroatoms. The van der Waals surface area contributed by atoms with Crippen molar-refractivity contribution in [2.45, 2.75) is 13.3 Å². The second-order valence-corrected chi connectivity index (χ2v) is 4.50. The zero-order chi connectivity index (χ0) is 11.3. The van der Waals surface area contributed by atoms with Crippen LogP contribution in [0.3, 0.4) is 0 Å². The van der Waals surface area contributed by atoms with E-state index in [-0.39, 0.29) is 5.91 Å². The van der Waals surface area contributed by atoms with Gasteiger partial charge in [0.25, 0.3) is 0 Å². The van der Waals surface area contributed by atoms with Gasteiger partial charge in [0.15, 0.2) is 0 Å². The van der Waals surface area contributed by atoms with Crippen LogP contribution in [0.4, 0.5) is 5.69 Å². The third kappa shape index (κ3) is 4.17. The van der Waals surface area contributed by atoms with Gasteiger partial charge in [0.1, 0.15) is 0 Å².